The van der Waals surface area contributed by atoms with Crippen molar-refractivity contribution in [2.75, 3.05) is 12.4 Å². The van der Waals surface area contributed by atoms with Crippen molar-refractivity contribution in [1.82, 2.24) is 0 Å². The number of methoxy groups -OCH3 is 1. The third-order valence-electron chi connectivity index (χ3n) is 4.24. The Balaban J connectivity index is 1.64. The Bertz CT molecular complexity index is 1070. The Kier molecular flexibility index (Phi) is 3.86. The maximum absolute atomic E-state index is 12.5. The lowest BCUT2D eigenvalue weighted by atomic mass is 10.0. The number of rotatable bonds is 4. The molecule has 0 aliphatic heterocycles. The molecule has 0 atom stereocenters. The van der Waals surface area contributed by atoms with Crippen molar-refractivity contribution in [2.45, 2.75) is 6.42 Å². The number of carbonyl (C=O) groups excluding carboxylic acids is 1. The molecule has 0 spiro atoms. The SMILES string of the molecule is COc1cccc(NC(=O)Cc2coc3ccc4ccccc4c23)c1. The van der Waals surface area contributed by atoms with Gasteiger partial charge in [0.2, 0.25) is 5.91 Å². The molecule has 0 fully saturated rings. The summed E-state index contributed by atoms with van der Waals surface area (Å²) in [6.45, 7) is 0. The van der Waals surface area contributed by atoms with Gasteiger partial charge in [-0.2, -0.15) is 0 Å². The third kappa shape index (κ3) is 2.94. The fourth-order valence-corrected chi connectivity index (χ4v) is 3.08. The minimum absolute atomic E-state index is 0.0936. The number of anilines is 1. The molecule has 0 saturated carbocycles. The molecule has 4 heteroatoms. The molecule has 4 rings (SSSR count). The Morgan fingerprint density at radius 1 is 1.08 bits per heavy atom. The zero-order chi connectivity index (χ0) is 17.2. The second-order valence-corrected chi connectivity index (χ2v) is 5.88. The molecule has 3 aromatic carbocycles. The lowest BCUT2D eigenvalue weighted by molar-refractivity contribution is -0.115. The highest BCUT2D eigenvalue weighted by Crippen LogP contribution is 2.30. The van der Waals surface area contributed by atoms with Gasteiger partial charge < -0.3 is 14.5 Å². The Morgan fingerprint density at radius 2 is 1.96 bits per heavy atom. The van der Waals surface area contributed by atoms with E-state index in [4.69, 9.17) is 9.15 Å². The first-order chi connectivity index (χ1) is 12.2. The number of fused-ring (bicyclic) bond motifs is 3. The molecule has 1 N–H and O–H groups in total. The number of ether oxygens (including phenoxy) is 1. The van der Waals surface area contributed by atoms with Crippen LogP contribution in [0.2, 0.25) is 0 Å². The van der Waals surface area contributed by atoms with Gasteiger partial charge in [0.25, 0.3) is 0 Å². The van der Waals surface area contributed by atoms with Gasteiger partial charge in [0.15, 0.2) is 0 Å². The Hall–Kier alpha value is -3.27. The van der Waals surface area contributed by atoms with Gasteiger partial charge in [-0.05, 0) is 29.0 Å². The van der Waals surface area contributed by atoms with E-state index in [0.29, 0.717) is 11.4 Å². The topological polar surface area (TPSA) is 51.5 Å². The fourth-order valence-electron chi connectivity index (χ4n) is 3.08. The third-order valence-corrected chi connectivity index (χ3v) is 4.24. The number of furan rings is 1. The average molecular weight is 331 g/mol. The van der Waals surface area contributed by atoms with E-state index in [0.717, 1.165) is 27.3 Å². The van der Waals surface area contributed by atoms with Crippen LogP contribution in [0.3, 0.4) is 0 Å². The van der Waals surface area contributed by atoms with Gasteiger partial charge in [-0.1, -0.05) is 36.4 Å². The van der Waals surface area contributed by atoms with Gasteiger partial charge in [0.05, 0.1) is 19.8 Å². The lowest BCUT2D eigenvalue weighted by Gasteiger charge is -2.07. The van der Waals surface area contributed by atoms with E-state index >= 15 is 0 Å². The molecule has 1 amide bonds. The summed E-state index contributed by atoms with van der Waals surface area (Å²) in [5.74, 6) is 0.612. The van der Waals surface area contributed by atoms with Crippen molar-refractivity contribution in [1.29, 1.82) is 0 Å². The summed E-state index contributed by atoms with van der Waals surface area (Å²) >= 11 is 0. The van der Waals surface area contributed by atoms with E-state index in [1.54, 1.807) is 19.4 Å². The van der Waals surface area contributed by atoms with Crippen molar-refractivity contribution in [3.63, 3.8) is 0 Å². The summed E-state index contributed by atoms with van der Waals surface area (Å²) in [4.78, 5) is 12.5. The van der Waals surface area contributed by atoms with Gasteiger partial charge in [-0.25, -0.2) is 0 Å². The summed E-state index contributed by atoms with van der Waals surface area (Å²) < 4.78 is 10.8. The number of amides is 1. The summed E-state index contributed by atoms with van der Waals surface area (Å²) in [5.41, 5.74) is 2.39. The fraction of sp³-hybridized carbons (Fsp3) is 0.0952. The zero-order valence-electron chi connectivity index (χ0n) is 13.8. The van der Waals surface area contributed by atoms with Crippen LogP contribution in [-0.4, -0.2) is 13.0 Å². The van der Waals surface area contributed by atoms with Gasteiger partial charge in [0, 0.05) is 22.7 Å². The van der Waals surface area contributed by atoms with E-state index in [2.05, 4.69) is 17.4 Å². The van der Waals surface area contributed by atoms with Gasteiger partial charge in [0.1, 0.15) is 11.3 Å². The van der Waals surface area contributed by atoms with Crippen molar-refractivity contribution in [2.24, 2.45) is 0 Å². The lowest BCUT2D eigenvalue weighted by Crippen LogP contribution is -2.14. The Labute approximate surface area is 145 Å². The molecule has 4 nitrogen and oxygen atoms in total. The first-order valence-corrected chi connectivity index (χ1v) is 8.06. The molecule has 0 aliphatic rings. The average Bonchev–Trinajstić information content (AvgIpc) is 3.05. The molecule has 1 aromatic heterocycles. The minimum Gasteiger partial charge on any atom is -0.497 e. The van der Waals surface area contributed by atoms with Gasteiger partial charge >= 0.3 is 0 Å². The second kappa shape index (κ2) is 6.32. The highest BCUT2D eigenvalue weighted by Gasteiger charge is 2.13. The van der Waals surface area contributed by atoms with E-state index < -0.39 is 0 Å². The summed E-state index contributed by atoms with van der Waals surface area (Å²) in [7, 11) is 1.60. The van der Waals surface area contributed by atoms with Crippen LogP contribution in [0.1, 0.15) is 5.56 Å². The quantitative estimate of drug-likeness (QED) is 0.586. The summed E-state index contributed by atoms with van der Waals surface area (Å²) in [5, 5.41) is 6.13. The molecule has 25 heavy (non-hydrogen) atoms. The number of hydrogen-bond acceptors (Lipinski definition) is 3. The maximum Gasteiger partial charge on any atom is 0.228 e. The first kappa shape index (κ1) is 15.3. The number of nitrogens with one attached hydrogen (secondary N) is 1. The Morgan fingerprint density at radius 3 is 2.84 bits per heavy atom. The van der Waals surface area contributed by atoms with Gasteiger partial charge in [-0.3, -0.25) is 4.79 Å². The van der Waals surface area contributed by atoms with Crippen molar-refractivity contribution < 1.29 is 13.9 Å². The molecule has 124 valence electrons. The number of carbonyl (C=O) groups is 1. The normalized spacial score (nSPS) is 10.9. The minimum atomic E-state index is -0.0936. The van der Waals surface area contributed by atoms with Crippen molar-refractivity contribution >= 4 is 33.3 Å². The molecule has 0 bridgehead atoms. The van der Waals surface area contributed by atoms with E-state index in [-0.39, 0.29) is 12.3 Å². The zero-order valence-corrected chi connectivity index (χ0v) is 13.8. The highest BCUT2D eigenvalue weighted by atomic mass is 16.5. The summed E-state index contributed by atoms with van der Waals surface area (Å²) in [6.07, 6.45) is 1.92. The highest BCUT2D eigenvalue weighted by molar-refractivity contribution is 6.09. The molecule has 1 heterocycles. The van der Waals surface area contributed by atoms with E-state index in [1.165, 1.54) is 0 Å². The standard InChI is InChI=1S/C21H17NO3/c1-24-17-7-4-6-16(12-17)22-20(23)11-15-13-25-19-10-9-14-5-2-3-8-18(14)21(15)19/h2-10,12-13H,11H2,1H3,(H,22,23). The first-order valence-electron chi connectivity index (χ1n) is 8.06. The number of hydrogen-bond donors (Lipinski definition) is 1. The monoisotopic (exact) mass is 331 g/mol. The number of benzene rings is 3. The predicted molar refractivity (Wildman–Crippen MR) is 99.0 cm³/mol. The van der Waals surface area contributed by atoms with Gasteiger partial charge in [-0.15, -0.1) is 0 Å². The molecular formula is C21H17NO3. The van der Waals surface area contributed by atoms with Crippen molar-refractivity contribution in [3.05, 3.63) is 72.5 Å². The molecule has 0 radical (unpaired) electrons. The molecule has 0 unspecified atom stereocenters. The van der Waals surface area contributed by atoms with Crippen LogP contribution in [-0.2, 0) is 11.2 Å². The van der Waals surface area contributed by atoms with Crippen LogP contribution in [0.5, 0.6) is 5.75 Å². The summed E-state index contributed by atoms with van der Waals surface area (Å²) in [6, 6.07) is 19.4. The van der Waals surface area contributed by atoms with Crippen LogP contribution in [0.4, 0.5) is 5.69 Å². The molecule has 0 aliphatic carbocycles. The van der Waals surface area contributed by atoms with Crippen LogP contribution in [0.15, 0.2) is 71.3 Å². The van der Waals surface area contributed by atoms with E-state index in [9.17, 15) is 4.79 Å². The second-order valence-electron chi connectivity index (χ2n) is 5.88. The predicted octanol–water partition coefficient (Wildman–Crippen LogP) is 4.78. The molecular weight excluding hydrogens is 314 g/mol. The van der Waals surface area contributed by atoms with E-state index in [1.807, 2.05) is 42.5 Å². The van der Waals surface area contributed by atoms with Crippen LogP contribution in [0, 0.1) is 0 Å². The molecule has 0 saturated heterocycles. The maximum atomic E-state index is 12.5. The largest absolute Gasteiger partial charge is 0.497 e. The van der Waals surface area contributed by atoms with Crippen molar-refractivity contribution in [3.8, 4) is 5.75 Å². The molecule has 4 aromatic rings. The van der Waals surface area contributed by atoms with Crippen LogP contribution < -0.4 is 10.1 Å². The van der Waals surface area contributed by atoms with Crippen LogP contribution >= 0.6 is 0 Å². The smallest absolute Gasteiger partial charge is 0.228 e. The van der Waals surface area contributed by atoms with Crippen LogP contribution in [0.25, 0.3) is 21.7 Å².